The van der Waals surface area contributed by atoms with Gasteiger partial charge in [0.2, 0.25) is 0 Å². The van der Waals surface area contributed by atoms with Crippen LogP contribution in [0.15, 0.2) is 24.3 Å². The van der Waals surface area contributed by atoms with E-state index >= 15 is 0 Å². The van der Waals surface area contributed by atoms with E-state index in [1.165, 1.54) is 24.3 Å². The van der Waals surface area contributed by atoms with Gasteiger partial charge in [-0.15, -0.1) is 0 Å². The Morgan fingerprint density at radius 3 is 1.88 bits per heavy atom. The lowest BCUT2D eigenvalue weighted by molar-refractivity contribution is -0.255. The molecule has 0 N–H and O–H groups in total. The number of carbonyl (C=O) groups is 2. The lowest BCUT2D eigenvalue weighted by Gasteiger charge is -2.19. The fraction of sp³-hybridized carbons (Fsp3) is 0.333. The molecule has 0 spiro atoms. The van der Waals surface area contributed by atoms with Gasteiger partial charge < -0.3 is 14.6 Å². The summed E-state index contributed by atoms with van der Waals surface area (Å²) in [5.41, 5.74) is -0.211. The summed E-state index contributed by atoms with van der Waals surface area (Å²) in [6.07, 6.45) is 0. The van der Waals surface area contributed by atoms with Crippen molar-refractivity contribution < 1.29 is 19.4 Å². The number of esters is 1. The molecular weight excluding hydrogens is 208 g/mol. The second kappa shape index (κ2) is 4.35. The number of hydrogen-bond acceptors (Lipinski definition) is 4. The third-order valence-corrected chi connectivity index (χ3v) is 1.76. The van der Waals surface area contributed by atoms with Gasteiger partial charge >= 0.3 is 5.97 Å². The summed E-state index contributed by atoms with van der Waals surface area (Å²) in [6.45, 7) is 5.29. The summed E-state index contributed by atoms with van der Waals surface area (Å²) in [5.74, 6) is -1.74. The highest BCUT2D eigenvalue weighted by molar-refractivity contribution is 5.92. The fourth-order valence-electron chi connectivity index (χ4n) is 1.08. The van der Waals surface area contributed by atoms with Crippen LogP contribution in [-0.4, -0.2) is 17.5 Å². The Morgan fingerprint density at radius 1 is 1.06 bits per heavy atom. The average Bonchev–Trinajstić information content (AvgIpc) is 2.15. The first-order valence-corrected chi connectivity index (χ1v) is 4.84. The molecule has 86 valence electrons. The molecule has 1 rings (SSSR count). The third kappa shape index (κ3) is 3.38. The molecule has 0 aliphatic heterocycles. The maximum Gasteiger partial charge on any atom is 0.338 e. The minimum atomic E-state index is -1.27. The molecule has 0 aliphatic carbocycles. The second-order valence-corrected chi connectivity index (χ2v) is 4.37. The normalized spacial score (nSPS) is 10.9. The quantitative estimate of drug-likeness (QED) is 0.699. The average molecular weight is 221 g/mol. The van der Waals surface area contributed by atoms with Crippen LogP contribution in [0.3, 0.4) is 0 Å². The SMILES string of the molecule is CC(C)(C)OC(=O)c1ccc(C(=O)[O-])cc1. The number of ether oxygens (including phenoxy) is 1. The van der Waals surface area contributed by atoms with Crippen molar-refractivity contribution in [3.05, 3.63) is 35.4 Å². The first-order chi connectivity index (χ1) is 7.29. The maximum atomic E-state index is 11.6. The van der Waals surface area contributed by atoms with Crippen molar-refractivity contribution in [3.8, 4) is 0 Å². The molecule has 4 nitrogen and oxygen atoms in total. The lowest BCUT2D eigenvalue weighted by Crippen LogP contribution is -2.24. The number of carboxylic acid groups (broad SMARTS) is 1. The van der Waals surface area contributed by atoms with E-state index in [1.807, 2.05) is 0 Å². The van der Waals surface area contributed by atoms with E-state index in [0.717, 1.165) is 0 Å². The lowest BCUT2D eigenvalue weighted by atomic mass is 10.1. The number of rotatable bonds is 2. The van der Waals surface area contributed by atoms with Gasteiger partial charge in [-0.2, -0.15) is 0 Å². The van der Waals surface area contributed by atoms with Gasteiger partial charge in [0.25, 0.3) is 0 Å². The molecule has 0 heterocycles. The standard InChI is InChI=1S/C12H14O4/c1-12(2,3)16-11(15)9-6-4-8(5-7-9)10(13)14/h4-7H,1-3H3,(H,13,14)/p-1. The highest BCUT2D eigenvalue weighted by Gasteiger charge is 2.17. The van der Waals surface area contributed by atoms with Gasteiger partial charge in [-0.25, -0.2) is 4.79 Å². The van der Waals surface area contributed by atoms with Crippen LogP contribution in [0.4, 0.5) is 0 Å². The Hall–Kier alpha value is -1.84. The summed E-state index contributed by atoms with van der Waals surface area (Å²) in [5, 5.41) is 10.5. The smallest absolute Gasteiger partial charge is 0.338 e. The van der Waals surface area contributed by atoms with E-state index in [9.17, 15) is 14.7 Å². The van der Waals surface area contributed by atoms with E-state index in [-0.39, 0.29) is 5.56 Å². The summed E-state index contributed by atoms with van der Waals surface area (Å²) in [7, 11) is 0. The van der Waals surface area contributed by atoms with Crippen LogP contribution in [0, 0.1) is 0 Å². The highest BCUT2D eigenvalue weighted by atomic mass is 16.6. The molecule has 0 amide bonds. The Balaban J connectivity index is 2.82. The summed E-state index contributed by atoms with van der Waals surface area (Å²) in [4.78, 5) is 22.0. The molecule has 0 aromatic heterocycles. The van der Waals surface area contributed by atoms with Crippen molar-refractivity contribution >= 4 is 11.9 Å². The zero-order chi connectivity index (χ0) is 12.3. The van der Waals surface area contributed by atoms with E-state index in [2.05, 4.69) is 0 Å². The number of hydrogen-bond donors (Lipinski definition) is 0. The molecule has 1 aromatic rings. The Morgan fingerprint density at radius 2 is 1.50 bits per heavy atom. The van der Waals surface area contributed by atoms with Crippen LogP contribution >= 0.6 is 0 Å². The molecule has 0 saturated carbocycles. The van der Waals surface area contributed by atoms with E-state index in [1.54, 1.807) is 20.8 Å². The van der Waals surface area contributed by atoms with Crippen molar-refractivity contribution in [2.75, 3.05) is 0 Å². The third-order valence-electron chi connectivity index (χ3n) is 1.76. The van der Waals surface area contributed by atoms with Gasteiger partial charge in [0.1, 0.15) is 5.60 Å². The highest BCUT2D eigenvalue weighted by Crippen LogP contribution is 2.12. The van der Waals surface area contributed by atoms with Gasteiger partial charge in [-0.05, 0) is 38.5 Å². The predicted molar refractivity (Wildman–Crippen MR) is 55.9 cm³/mol. The van der Waals surface area contributed by atoms with Crippen LogP contribution in [0.5, 0.6) is 0 Å². The molecular formula is C12H13O4-. The van der Waals surface area contributed by atoms with E-state index in [0.29, 0.717) is 5.56 Å². The van der Waals surface area contributed by atoms with Gasteiger partial charge in [-0.3, -0.25) is 0 Å². The molecule has 0 aliphatic rings. The Bertz CT molecular complexity index is 398. The summed E-state index contributed by atoms with van der Waals surface area (Å²) < 4.78 is 5.12. The van der Waals surface area contributed by atoms with E-state index < -0.39 is 17.5 Å². The first kappa shape index (κ1) is 12.2. The topological polar surface area (TPSA) is 66.4 Å². The van der Waals surface area contributed by atoms with Crippen LogP contribution in [0.2, 0.25) is 0 Å². The second-order valence-electron chi connectivity index (χ2n) is 4.37. The minimum absolute atomic E-state index is 0.0345. The van der Waals surface area contributed by atoms with Crippen molar-refractivity contribution in [2.24, 2.45) is 0 Å². The number of carbonyl (C=O) groups excluding carboxylic acids is 2. The monoisotopic (exact) mass is 221 g/mol. The van der Waals surface area contributed by atoms with Crippen molar-refractivity contribution in [1.82, 2.24) is 0 Å². The van der Waals surface area contributed by atoms with Crippen molar-refractivity contribution in [2.45, 2.75) is 26.4 Å². The number of benzene rings is 1. The zero-order valence-electron chi connectivity index (χ0n) is 9.44. The van der Waals surface area contributed by atoms with Crippen LogP contribution < -0.4 is 5.11 Å². The molecule has 0 saturated heterocycles. The van der Waals surface area contributed by atoms with Gasteiger partial charge in [0.15, 0.2) is 0 Å². The largest absolute Gasteiger partial charge is 0.545 e. The molecule has 0 atom stereocenters. The van der Waals surface area contributed by atoms with Crippen LogP contribution in [-0.2, 0) is 4.74 Å². The predicted octanol–water partition coefficient (Wildman–Crippen LogP) is 1.01. The molecule has 0 unspecified atom stereocenters. The summed E-state index contributed by atoms with van der Waals surface area (Å²) in [6, 6.07) is 5.43. The molecule has 0 radical (unpaired) electrons. The number of aromatic carboxylic acids is 1. The molecule has 4 heteroatoms. The van der Waals surface area contributed by atoms with Gasteiger partial charge in [-0.1, -0.05) is 12.1 Å². The molecule has 16 heavy (non-hydrogen) atoms. The molecule has 0 bridgehead atoms. The minimum Gasteiger partial charge on any atom is -0.545 e. The fourth-order valence-corrected chi connectivity index (χ4v) is 1.08. The van der Waals surface area contributed by atoms with Crippen LogP contribution in [0.25, 0.3) is 0 Å². The Kier molecular flexibility index (Phi) is 3.32. The summed E-state index contributed by atoms with van der Waals surface area (Å²) >= 11 is 0. The van der Waals surface area contributed by atoms with E-state index in [4.69, 9.17) is 4.74 Å². The molecule has 1 aromatic carbocycles. The first-order valence-electron chi connectivity index (χ1n) is 4.84. The van der Waals surface area contributed by atoms with Gasteiger partial charge in [0.05, 0.1) is 11.5 Å². The van der Waals surface area contributed by atoms with Crippen molar-refractivity contribution in [1.29, 1.82) is 0 Å². The molecule has 0 fully saturated rings. The maximum absolute atomic E-state index is 11.6. The number of carboxylic acids is 1. The van der Waals surface area contributed by atoms with Gasteiger partial charge in [0, 0.05) is 0 Å². The van der Waals surface area contributed by atoms with Crippen molar-refractivity contribution in [3.63, 3.8) is 0 Å². The Labute approximate surface area is 93.9 Å². The van der Waals surface area contributed by atoms with Crippen LogP contribution in [0.1, 0.15) is 41.5 Å². The zero-order valence-corrected chi connectivity index (χ0v) is 9.44.